The Morgan fingerprint density at radius 1 is 1.18 bits per heavy atom. The first kappa shape index (κ1) is 26.8. The molecule has 1 aliphatic heterocycles. The van der Waals surface area contributed by atoms with Crippen molar-refractivity contribution in [3.63, 3.8) is 0 Å². The van der Waals surface area contributed by atoms with Gasteiger partial charge in [0.25, 0.3) is 5.91 Å². The molecule has 192 valence electrons. The molecule has 3 atom stereocenters. The highest BCUT2D eigenvalue weighted by atomic mass is 32.2. The van der Waals surface area contributed by atoms with Crippen molar-refractivity contribution in [3.05, 3.63) is 23.8 Å². The second-order valence-electron chi connectivity index (χ2n) is 9.92. The topological polar surface area (TPSA) is 88.2 Å². The monoisotopic (exact) mass is 495 g/mol. The summed E-state index contributed by atoms with van der Waals surface area (Å²) in [5, 5.41) is 0. The predicted octanol–water partition coefficient (Wildman–Crippen LogP) is 3.44. The van der Waals surface area contributed by atoms with Gasteiger partial charge in [-0.05, 0) is 56.7 Å². The summed E-state index contributed by atoms with van der Waals surface area (Å²) in [4.78, 5) is 17.5. The molecule has 1 saturated carbocycles. The lowest BCUT2D eigenvalue weighted by Crippen LogP contribution is -2.47. The first-order chi connectivity index (χ1) is 16.1. The zero-order chi connectivity index (χ0) is 24.9. The minimum Gasteiger partial charge on any atom is -0.491 e. The Morgan fingerprint density at radius 2 is 1.88 bits per heavy atom. The second kappa shape index (κ2) is 11.7. The lowest BCUT2D eigenvalue weighted by Gasteiger charge is -2.37. The Labute approximate surface area is 205 Å². The predicted molar refractivity (Wildman–Crippen MR) is 135 cm³/mol. The molecule has 1 aliphatic carbocycles. The summed E-state index contributed by atoms with van der Waals surface area (Å²) < 4.78 is 38.7. The number of sulfonamides is 1. The molecule has 34 heavy (non-hydrogen) atoms. The van der Waals surface area contributed by atoms with Crippen LogP contribution in [0.25, 0.3) is 0 Å². The summed E-state index contributed by atoms with van der Waals surface area (Å²) >= 11 is 0. The molecule has 1 N–H and O–H groups in total. The van der Waals surface area contributed by atoms with E-state index in [1.807, 2.05) is 0 Å². The summed E-state index contributed by atoms with van der Waals surface area (Å²) in [6.45, 7) is 8.74. The van der Waals surface area contributed by atoms with Crippen LogP contribution >= 0.6 is 0 Å². The molecule has 1 fully saturated rings. The number of hydrogen-bond acceptors (Lipinski definition) is 6. The van der Waals surface area contributed by atoms with Gasteiger partial charge in [0.15, 0.2) is 0 Å². The number of carbonyl (C=O) groups is 1. The number of nitrogens with one attached hydrogen (secondary N) is 1. The smallest absolute Gasteiger partial charge is 0.257 e. The fourth-order valence-electron chi connectivity index (χ4n) is 4.95. The summed E-state index contributed by atoms with van der Waals surface area (Å²) in [6.07, 6.45) is 5.07. The number of ether oxygens (including phenoxy) is 2. The Morgan fingerprint density at radius 3 is 2.53 bits per heavy atom. The molecule has 0 saturated heterocycles. The first-order valence-corrected chi connectivity index (χ1v) is 14.1. The number of hydrogen-bond donors (Lipinski definition) is 1. The number of benzene rings is 1. The lowest BCUT2D eigenvalue weighted by molar-refractivity contribution is 0.00814. The second-order valence-corrected chi connectivity index (χ2v) is 11.9. The van der Waals surface area contributed by atoms with Crippen LogP contribution < -0.4 is 9.46 Å². The summed E-state index contributed by atoms with van der Waals surface area (Å²) in [5.74, 6) is 1.14. The highest BCUT2D eigenvalue weighted by Crippen LogP contribution is 2.29. The van der Waals surface area contributed by atoms with Crippen molar-refractivity contribution in [3.8, 4) is 5.75 Å². The van der Waals surface area contributed by atoms with Crippen LogP contribution in [0.15, 0.2) is 18.2 Å². The van der Waals surface area contributed by atoms with E-state index in [0.29, 0.717) is 36.1 Å². The van der Waals surface area contributed by atoms with Crippen molar-refractivity contribution >= 4 is 21.6 Å². The Kier molecular flexibility index (Phi) is 9.23. The number of likely N-dealkylation sites (N-methyl/N-ethyl adjacent to an activating group) is 1. The van der Waals surface area contributed by atoms with E-state index in [1.54, 1.807) is 44.2 Å². The van der Waals surface area contributed by atoms with Crippen molar-refractivity contribution in [2.75, 3.05) is 50.9 Å². The molecule has 1 amide bonds. The van der Waals surface area contributed by atoms with E-state index in [4.69, 9.17) is 9.47 Å². The van der Waals surface area contributed by atoms with Crippen LogP contribution in [0.3, 0.4) is 0 Å². The van der Waals surface area contributed by atoms with E-state index < -0.39 is 10.0 Å². The first-order valence-electron chi connectivity index (χ1n) is 12.4. The maximum atomic E-state index is 13.4. The van der Waals surface area contributed by atoms with Gasteiger partial charge in [-0.1, -0.05) is 19.8 Å². The van der Waals surface area contributed by atoms with Crippen LogP contribution in [0.5, 0.6) is 5.75 Å². The van der Waals surface area contributed by atoms with Gasteiger partial charge in [0.05, 0.1) is 17.4 Å². The molecular formula is C25H41N3O5S. The van der Waals surface area contributed by atoms with E-state index in [9.17, 15) is 13.2 Å². The minimum absolute atomic E-state index is 0.0455. The largest absolute Gasteiger partial charge is 0.491 e. The Hall–Kier alpha value is -1.84. The van der Waals surface area contributed by atoms with Crippen molar-refractivity contribution < 1.29 is 22.7 Å². The molecule has 0 unspecified atom stereocenters. The average Bonchev–Trinajstić information content (AvgIpc) is 3.32. The van der Waals surface area contributed by atoms with Gasteiger partial charge in [-0.25, -0.2) is 8.42 Å². The van der Waals surface area contributed by atoms with Crippen LogP contribution in [0.1, 0.15) is 56.8 Å². The quantitative estimate of drug-likeness (QED) is 0.650. The van der Waals surface area contributed by atoms with E-state index in [-0.39, 0.29) is 29.7 Å². The Bertz CT molecular complexity index is 932. The zero-order valence-corrected chi connectivity index (χ0v) is 22.1. The number of methoxy groups -OCH3 is 1. The lowest BCUT2D eigenvalue weighted by atomic mass is 9.99. The van der Waals surface area contributed by atoms with Gasteiger partial charge < -0.3 is 14.4 Å². The van der Waals surface area contributed by atoms with Crippen molar-refractivity contribution in [1.29, 1.82) is 0 Å². The number of carbonyl (C=O) groups excluding carboxylic acids is 1. The molecule has 1 aromatic carbocycles. The number of rotatable bonds is 6. The molecular weight excluding hydrogens is 454 g/mol. The fraction of sp³-hybridized carbons (Fsp3) is 0.720. The SMILES string of the molecule is CCS(=O)(=O)Nc1ccc2c(c1)C(=O)N(C)C[C@@H](OC)[C@H](C)CN(CC1CCCC1)[C@H](C)CO2. The van der Waals surface area contributed by atoms with Gasteiger partial charge in [0, 0.05) is 45.5 Å². The van der Waals surface area contributed by atoms with Crippen LogP contribution in [-0.2, 0) is 14.8 Å². The van der Waals surface area contributed by atoms with Gasteiger partial charge in [-0.15, -0.1) is 0 Å². The minimum atomic E-state index is -3.46. The Balaban J connectivity index is 1.92. The van der Waals surface area contributed by atoms with Gasteiger partial charge in [0.1, 0.15) is 12.4 Å². The molecule has 8 nitrogen and oxygen atoms in total. The number of fused-ring (bicyclic) bond motifs is 1. The normalized spacial score (nSPS) is 25.9. The summed E-state index contributed by atoms with van der Waals surface area (Å²) in [7, 11) is -0.0126. The highest BCUT2D eigenvalue weighted by molar-refractivity contribution is 7.92. The maximum absolute atomic E-state index is 13.4. The third-order valence-corrected chi connectivity index (χ3v) is 8.50. The van der Waals surface area contributed by atoms with Gasteiger partial charge in [-0.2, -0.15) is 0 Å². The standard InChI is InChI=1S/C25H41N3O5S/c1-6-34(30,31)26-21-11-12-23-22(13-21)25(29)27(4)16-24(32-5)18(2)14-28(19(3)17-33-23)15-20-9-7-8-10-20/h11-13,18-20,24,26H,6-10,14-17H2,1-5H3/t18-,19-,24-/m1/s1. The van der Waals surface area contributed by atoms with Crippen LogP contribution in [0, 0.1) is 11.8 Å². The van der Waals surface area contributed by atoms with Gasteiger partial charge in [-0.3, -0.25) is 14.4 Å². The maximum Gasteiger partial charge on any atom is 0.257 e. The van der Waals surface area contributed by atoms with E-state index in [2.05, 4.69) is 23.5 Å². The van der Waals surface area contributed by atoms with Crippen molar-refractivity contribution in [2.45, 2.75) is 58.6 Å². The molecule has 0 radical (unpaired) electrons. The molecule has 3 rings (SSSR count). The van der Waals surface area contributed by atoms with Gasteiger partial charge in [0.2, 0.25) is 10.0 Å². The molecule has 2 aliphatic rings. The number of anilines is 1. The molecule has 1 aromatic rings. The average molecular weight is 496 g/mol. The van der Waals surface area contributed by atoms with Crippen LogP contribution in [0.2, 0.25) is 0 Å². The van der Waals surface area contributed by atoms with Gasteiger partial charge >= 0.3 is 0 Å². The molecule has 0 aromatic heterocycles. The van der Waals surface area contributed by atoms with E-state index in [1.165, 1.54) is 25.7 Å². The molecule has 0 bridgehead atoms. The van der Waals surface area contributed by atoms with Crippen LogP contribution in [-0.4, -0.2) is 82.4 Å². The summed E-state index contributed by atoms with van der Waals surface area (Å²) in [6, 6.07) is 5.06. The van der Waals surface area contributed by atoms with E-state index in [0.717, 1.165) is 13.1 Å². The number of nitrogens with zero attached hydrogens (tertiary/aromatic N) is 2. The highest BCUT2D eigenvalue weighted by Gasteiger charge is 2.30. The summed E-state index contributed by atoms with van der Waals surface area (Å²) in [5.41, 5.74) is 0.696. The van der Waals surface area contributed by atoms with Crippen molar-refractivity contribution in [1.82, 2.24) is 9.80 Å². The zero-order valence-electron chi connectivity index (χ0n) is 21.2. The third kappa shape index (κ3) is 6.86. The molecule has 0 spiro atoms. The fourth-order valence-corrected chi connectivity index (χ4v) is 5.58. The molecule has 9 heteroatoms. The van der Waals surface area contributed by atoms with E-state index >= 15 is 0 Å². The third-order valence-electron chi connectivity index (χ3n) is 7.19. The number of amides is 1. The van der Waals surface area contributed by atoms with Crippen LogP contribution in [0.4, 0.5) is 5.69 Å². The molecule has 1 heterocycles. The van der Waals surface area contributed by atoms with Crippen molar-refractivity contribution in [2.24, 2.45) is 11.8 Å².